The fourth-order valence-corrected chi connectivity index (χ4v) is 3.65. The van der Waals surface area contributed by atoms with Crippen molar-refractivity contribution in [2.75, 3.05) is 0 Å². The van der Waals surface area contributed by atoms with E-state index in [1.54, 1.807) is 7.69 Å². The molecule has 0 aromatic carbocycles. The first-order chi connectivity index (χ1) is 6.05. The van der Waals surface area contributed by atoms with Gasteiger partial charge in [0.05, 0.1) is 11.7 Å². The zero-order chi connectivity index (χ0) is 9.27. The van der Waals surface area contributed by atoms with Gasteiger partial charge in [0.2, 0.25) is 0 Å². The second-order valence-corrected chi connectivity index (χ2v) is 5.56. The molecule has 4 atom stereocenters. The van der Waals surface area contributed by atoms with Gasteiger partial charge in [-0.1, -0.05) is 13.8 Å². The van der Waals surface area contributed by atoms with E-state index in [4.69, 9.17) is 9.31 Å². The Morgan fingerprint density at radius 3 is 2.69 bits per heavy atom. The van der Waals surface area contributed by atoms with E-state index in [0.29, 0.717) is 17.4 Å². The fourth-order valence-electron chi connectivity index (χ4n) is 3.65. The quantitative estimate of drug-likeness (QED) is 0.527. The summed E-state index contributed by atoms with van der Waals surface area (Å²) in [5.74, 6) is 1.54. The van der Waals surface area contributed by atoms with Crippen LogP contribution in [0.2, 0.25) is 0 Å². The lowest BCUT2D eigenvalue weighted by Gasteiger charge is -2.64. The van der Waals surface area contributed by atoms with Crippen molar-refractivity contribution in [1.82, 2.24) is 0 Å². The second kappa shape index (κ2) is 2.14. The van der Waals surface area contributed by atoms with Gasteiger partial charge >= 0.3 is 7.69 Å². The minimum absolute atomic E-state index is 0.0295. The van der Waals surface area contributed by atoms with Gasteiger partial charge in [0.1, 0.15) is 0 Å². The van der Waals surface area contributed by atoms with Gasteiger partial charge < -0.3 is 9.31 Å². The fraction of sp³-hybridized carbons (Fsp3) is 1.00. The molecule has 1 unspecified atom stereocenters. The summed E-state index contributed by atoms with van der Waals surface area (Å²) in [7, 11) is 1.56. The average Bonchev–Trinajstić information content (AvgIpc) is 2.44. The number of hydrogen-bond acceptors (Lipinski definition) is 2. The lowest BCUT2D eigenvalue weighted by atomic mass is 9.43. The molecule has 3 saturated carbocycles. The zero-order valence-corrected chi connectivity index (χ0v) is 8.54. The van der Waals surface area contributed by atoms with Crippen LogP contribution in [0.25, 0.3) is 0 Å². The van der Waals surface area contributed by atoms with Crippen molar-refractivity contribution in [3.05, 3.63) is 0 Å². The molecule has 4 fully saturated rings. The van der Waals surface area contributed by atoms with Crippen LogP contribution in [0.3, 0.4) is 0 Å². The van der Waals surface area contributed by atoms with E-state index in [9.17, 15) is 0 Å². The van der Waals surface area contributed by atoms with E-state index in [1.807, 2.05) is 0 Å². The molecule has 1 radical (unpaired) electrons. The molecule has 0 amide bonds. The highest BCUT2D eigenvalue weighted by Gasteiger charge is 2.65. The maximum Gasteiger partial charge on any atom is 0.488 e. The summed E-state index contributed by atoms with van der Waals surface area (Å²) in [5, 5.41) is 0. The maximum atomic E-state index is 5.68. The molecule has 3 aliphatic carbocycles. The van der Waals surface area contributed by atoms with E-state index in [1.165, 1.54) is 12.8 Å². The molecular weight excluding hydrogens is 163 g/mol. The Balaban J connectivity index is 1.97. The monoisotopic (exact) mass is 179 g/mol. The van der Waals surface area contributed by atoms with Gasteiger partial charge in [0, 0.05) is 0 Å². The first kappa shape index (κ1) is 8.31. The summed E-state index contributed by atoms with van der Waals surface area (Å²) < 4.78 is 11.2. The minimum atomic E-state index is -0.0295. The molecule has 0 spiro atoms. The third kappa shape index (κ3) is 0.786. The Kier molecular flexibility index (Phi) is 1.37. The SMILES string of the molecule is CC1(C)[C@@H]2C[C@H]3O[B]OC3(C)[C@H]1C2. The molecule has 2 nitrogen and oxygen atoms in total. The Morgan fingerprint density at radius 2 is 2.00 bits per heavy atom. The molecule has 0 aromatic rings. The molecule has 1 aliphatic heterocycles. The summed E-state index contributed by atoms with van der Waals surface area (Å²) in [4.78, 5) is 0. The smallest absolute Gasteiger partial charge is 0.407 e. The molecule has 13 heavy (non-hydrogen) atoms. The normalized spacial score (nSPS) is 56.4. The van der Waals surface area contributed by atoms with E-state index < -0.39 is 0 Å². The van der Waals surface area contributed by atoms with Crippen molar-refractivity contribution in [3.8, 4) is 0 Å². The molecule has 1 heterocycles. The Morgan fingerprint density at radius 1 is 1.23 bits per heavy atom. The van der Waals surface area contributed by atoms with Gasteiger partial charge in [0.15, 0.2) is 0 Å². The standard InChI is InChI=1S/C10H16BO2/c1-9(2)6-4-7(9)10(3)8(5-6)12-11-13-10/h6-8H,4-5H2,1-3H3/t6-,7-,8+,10?/m0/s1. The predicted molar refractivity (Wildman–Crippen MR) is 50.1 cm³/mol. The highest BCUT2D eigenvalue weighted by molar-refractivity contribution is 6.19. The minimum Gasteiger partial charge on any atom is -0.407 e. The first-order valence-corrected chi connectivity index (χ1v) is 5.20. The molecule has 1 saturated heterocycles. The van der Waals surface area contributed by atoms with Crippen LogP contribution >= 0.6 is 0 Å². The Bertz CT molecular complexity index is 253. The van der Waals surface area contributed by atoms with Gasteiger partial charge in [-0.05, 0) is 37.0 Å². The third-order valence-corrected chi connectivity index (χ3v) is 4.82. The van der Waals surface area contributed by atoms with Crippen molar-refractivity contribution in [3.63, 3.8) is 0 Å². The van der Waals surface area contributed by atoms with Crippen molar-refractivity contribution in [1.29, 1.82) is 0 Å². The molecule has 0 N–H and O–H groups in total. The highest BCUT2D eigenvalue weighted by Crippen LogP contribution is 2.65. The summed E-state index contributed by atoms with van der Waals surface area (Å²) in [6, 6.07) is 0. The molecule has 4 aliphatic rings. The maximum absolute atomic E-state index is 5.68. The van der Waals surface area contributed by atoms with Gasteiger partial charge in [-0.3, -0.25) is 0 Å². The van der Waals surface area contributed by atoms with Gasteiger partial charge in [-0.25, -0.2) is 0 Å². The molecular formula is C10H16BO2. The van der Waals surface area contributed by atoms with Gasteiger partial charge in [-0.15, -0.1) is 0 Å². The largest absolute Gasteiger partial charge is 0.488 e. The van der Waals surface area contributed by atoms with Crippen molar-refractivity contribution < 1.29 is 9.31 Å². The van der Waals surface area contributed by atoms with Crippen molar-refractivity contribution >= 4 is 7.69 Å². The number of rotatable bonds is 0. The van der Waals surface area contributed by atoms with Crippen LogP contribution in [0.15, 0.2) is 0 Å². The van der Waals surface area contributed by atoms with Crippen LogP contribution in [0.1, 0.15) is 33.6 Å². The van der Waals surface area contributed by atoms with E-state index >= 15 is 0 Å². The van der Waals surface area contributed by atoms with Crippen molar-refractivity contribution in [2.24, 2.45) is 17.3 Å². The van der Waals surface area contributed by atoms with Gasteiger partial charge in [-0.2, -0.15) is 0 Å². The molecule has 0 aromatic heterocycles. The van der Waals surface area contributed by atoms with Gasteiger partial charge in [0.25, 0.3) is 0 Å². The van der Waals surface area contributed by atoms with Crippen LogP contribution in [0.5, 0.6) is 0 Å². The topological polar surface area (TPSA) is 18.5 Å². The Hall–Kier alpha value is -0.0151. The molecule has 4 rings (SSSR count). The molecule has 2 bridgehead atoms. The Labute approximate surface area is 80.3 Å². The van der Waals surface area contributed by atoms with Crippen LogP contribution in [0, 0.1) is 17.3 Å². The first-order valence-electron chi connectivity index (χ1n) is 5.20. The average molecular weight is 179 g/mol. The van der Waals surface area contributed by atoms with E-state index in [0.717, 1.165) is 5.92 Å². The molecule has 71 valence electrons. The van der Waals surface area contributed by atoms with Crippen LogP contribution in [0.4, 0.5) is 0 Å². The third-order valence-electron chi connectivity index (χ3n) is 4.82. The van der Waals surface area contributed by atoms with E-state index in [2.05, 4.69) is 20.8 Å². The predicted octanol–water partition coefficient (Wildman–Crippen LogP) is 1.76. The second-order valence-electron chi connectivity index (χ2n) is 5.56. The van der Waals surface area contributed by atoms with Crippen LogP contribution in [-0.2, 0) is 9.31 Å². The van der Waals surface area contributed by atoms with Crippen LogP contribution < -0.4 is 0 Å². The van der Waals surface area contributed by atoms with Crippen molar-refractivity contribution in [2.45, 2.75) is 45.3 Å². The summed E-state index contributed by atoms with van der Waals surface area (Å²) in [6.07, 6.45) is 2.83. The lowest BCUT2D eigenvalue weighted by molar-refractivity contribution is -0.199. The zero-order valence-electron chi connectivity index (χ0n) is 8.54. The van der Waals surface area contributed by atoms with E-state index in [-0.39, 0.29) is 5.60 Å². The summed E-state index contributed by atoms with van der Waals surface area (Å²) >= 11 is 0. The summed E-state index contributed by atoms with van der Waals surface area (Å²) in [5.41, 5.74) is 0.436. The van der Waals surface area contributed by atoms with Crippen LogP contribution in [-0.4, -0.2) is 19.4 Å². The highest BCUT2D eigenvalue weighted by atomic mass is 16.6. The lowest BCUT2D eigenvalue weighted by Crippen LogP contribution is -2.65. The molecule has 3 heteroatoms. The number of hydrogen-bond donors (Lipinski definition) is 0. The summed E-state index contributed by atoms with van der Waals surface area (Å²) in [6.45, 7) is 6.95.